The summed E-state index contributed by atoms with van der Waals surface area (Å²) in [6.07, 6.45) is 7.46. The van der Waals surface area contributed by atoms with Crippen LogP contribution >= 0.6 is 8.86 Å². The van der Waals surface area contributed by atoms with Crippen LogP contribution in [0.1, 0.15) is 17.0 Å². The predicted molar refractivity (Wildman–Crippen MR) is 71.2 cm³/mol. The molecule has 0 spiro atoms. The van der Waals surface area contributed by atoms with Crippen LogP contribution in [0.3, 0.4) is 0 Å². The summed E-state index contributed by atoms with van der Waals surface area (Å²) in [5.41, 5.74) is 2.42. The normalized spacial score (nSPS) is 10.8. The molecule has 0 aliphatic carbocycles. The Morgan fingerprint density at radius 3 is 2.69 bits per heavy atom. The largest absolute Gasteiger partial charge is 0.345 e. The SMILES string of the molecule is Cc1ccc(C(=P)/C=C/c2ncc[nH]2)cc1. The number of nitrogens with zero attached hydrogens (tertiary/aromatic N) is 1. The molecule has 1 heterocycles. The topological polar surface area (TPSA) is 28.7 Å². The highest BCUT2D eigenvalue weighted by Crippen LogP contribution is 2.07. The number of allylic oxidation sites excluding steroid dienone is 1. The number of aryl methyl sites for hydroxylation is 1. The van der Waals surface area contributed by atoms with E-state index >= 15 is 0 Å². The molecule has 2 rings (SSSR count). The van der Waals surface area contributed by atoms with Crippen LogP contribution < -0.4 is 0 Å². The van der Waals surface area contributed by atoms with Gasteiger partial charge in [-0.15, -0.1) is 8.86 Å². The monoisotopic (exact) mass is 228 g/mol. The summed E-state index contributed by atoms with van der Waals surface area (Å²) in [7, 11) is 3.60. The van der Waals surface area contributed by atoms with Crippen molar-refractivity contribution >= 4 is 20.2 Å². The Labute approximate surface area is 97.3 Å². The maximum absolute atomic E-state index is 4.12. The van der Waals surface area contributed by atoms with Crippen LogP contribution in [0.25, 0.3) is 6.08 Å². The van der Waals surface area contributed by atoms with Crippen molar-refractivity contribution in [2.75, 3.05) is 0 Å². The Bertz CT molecular complexity index is 495. The first-order valence-corrected chi connectivity index (χ1v) is 5.59. The van der Waals surface area contributed by atoms with E-state index in [-0.39, 0.29) is 0 Å². The average Bonchev–Trinajstić information content (AvgIpc) is 2.80. The van der Waals surface area contributed by atoms with E-state index in [1.807, 2.05) is 12.2 Å². The summed E-state index contributed by atoms with van der Waals surface area (Å²) in [5, 5.41) is 1.04. The molecule has 0 radical (unpaired) electrons. The van der Waals surface area contributed by atoms with Crippen LogP contribution in [0, 0.1) is 6.92 Å². The molecule has 0 aliphatic rings. The van der Waals surface area contributed by atoms with Crippen LogP contribution in [-0.4, -0.2) is 15.3 Å². The van der Waals surface area contributed by atoms with Crippen molar-refractivity contribution in [1.82, 2.24) is 9.97 Å². The van der Waals surface area contributed by atoms with Gasteiger partial charge < -0.3 is 4.98 Å². The van der Waals surface area contributed by atoms with Crippen LogP contribution in [-0.2, 0) is 0 Å². The zero-order valence-corrected chi connectivity index (χ0v) is 10.1. The van der Waals surface area contributed by atoms with Crippen LogP contribution in [0.2, 0.25) is 0 Å². The fraction of sp³-hybridized carbons (Fsp3) is 0.0769. The third kappa shape index (κ3) is 2.68. The number of H-pyrrole nitrogens is 1. The smallest absolute Gasteiger partial charge is 0.129 e. The summed E-state index contributed by atoms with van der Waals surface area (Å²) < 4.78 is 0. The van der Waals surface area contributed by atoms with Crippen LogP contribution in [0.5, 0.6) is 0 Å². The molecule has 2 aromatic rings. The third-order valence-corrected chi connectivity index (χ3v) is 2.75. The van der Waals surface area contributed by atoms with Gasteiger partial charge in [0.05, 0.1) is 0 Å². The van der Waals surface area contributed by atoms with E-state index in [1.54, 1.807) is 12.4 Å². The molecular formula is C13H13N2P. The van der Waals surface area contributed by atoms with Gasteiger partial charge in [-0.05, 0) is 24.6 Å². The van der Waals surface area contributed by atoms with Crippen molar-refractivity contribution < 1.29 is 0 Å². The van der Waals surface area contributed by atoms with E-state index in [0.717, 1.165) is 16.7 Å². The second kappa shape index (κ2) is 4.91. The quantitative estimate of drug-likeness (QED) is 0.803. The van der Waals surface area contributed by atoms with Gasteiger partial charge in [-0.25, -0.2) is 4.98 Å². The minimum Gasteiger partial charge on any atom is -0.345 e. The second-order valence-electron chi connectivity index (χ2n) is 3.59. The lowest BCUT2D eigenvalue weighted by Gasteiger charge is -1.99. The molecule has 0 fully saturated rings. The highest BCUT2D eigenvalue weighted by molar-refractivity contribution is 7.23. The maximum atomic E-state index is 4.12. The molecule has 80 valence electrons. The van der Waals surface area contributed by atoms with Gasteiger partial charge >= 0.3 is 0 Å². The fourth-order valence-electron chi connectivity index (χ4n) is 1.36. The lowest BCUT2D eigenvalue weighted by Crippen LogP contribution is -1.91. The molecule has 0 saturated heterocycles. The van der Waals surface area contributed by atoms with E-state index in [4.69, 9.17) is 0 Å². The predicted octanol–water partition coefficient (Wildman–Crippen LogP) is 3.09. The Morgan fingerprint density at radius 2 is 2.06 bits per heavy atom. The fourth-order valence-corrected chi connectivity index (χ4v) is 1.61. The molecule has 2 nitrogen and oxygen atoms in total. The number of rotatable bonds is 3. The molecule has 1 aromatic heterocycles. The molecule has 0 atom stereocenters. The number of hydrogen-bond acceptors (Lipinski definition) is 1. The Hall–Kier alpha value is -1.66. The average molecular weight is 228 g/mol. The molecule has 0 saturated carbocycles. The van der Waals surface area contributed by atoms with Gasteiger partial charge in [0.15, 0.2) is 0 Å². The molecule has 0 amide bonds. The standard InChI is InChI=1S/C13H13N2P/c1-10-2-4-11(5-3-10)12(16)6-7-13-14-8-9-15-13/h2-9,16H,1H3,(H,14,15)/b7-6+. The summed E-state index contributed by atoms with van der Waals surface area (Å²) in [6.45, 7) is 2.08. The lowest BCUT2D eigenvalue weighted by atomic mass is 10.1. The summed E-state index contributed by atoms with van der Waals surface area (Å²) in [5.74, 6) is 0.850. The first-order chi connectivity index (χ1) is 7.75. The van der Waals surface area contributed by atoms with Gasteiger partial charge in [-0.3, -0.25) is 0 Å². The van der Waals surface area contributed by atoms with Gasteiger partial charge in [0, 0.05) is 17.7 Å². The van der Waals surface area contributed by atoms with E-state index in [1.165, 1.54) is 5.56 Å². The molecular weight excluding hydrogens is 215 g/mol. The highest BCUT2D eigenvalue weighted by atomic mass is 31.0. The van der Waals surface area contributed by atoms with Gasteiger partial charge in [0.2, 0.25) is 0 Å². The van der Waals surface area contributed by atoms with E-state index in [2.05, 4.69) is 50.0 Å². The third-order valence-electron chi connectivity index (χ3n) is 2.29. The number of nitrogens with one attached hydrogen (secondary N) is 1. The molecule has 1 aromatic carbocycles. The molecule has 0 bridgehead atoms. The van der Waals surface area contributed by atoms with Crippen molar-refractivity contribution in [2.24, 2.45) is 0 Å². The maximum Gasteiger partial charge on any atom is 0.129 e. The first-order valence-electron chi connectivity index (χ1n) is 5.09. The second-order valence-corrected chi connectivity index (χ2v) is 4.13. The van der Waals surface area contributed by atoms with Crippen molar-refractivity contribution in [1.29, 1.82) is 0 Å². The number of imidazole rings is 1. The Kier molecular flexibility index (Phi) is 3.33. The van der Waals surface area contributed by atoms with Gasteiger partial charge in [-0.2, -0.15) is 0 Å². The van der Waals surface area contributed by atoms with E-state index in [0.29, 0.717) is 0 Å². The molecule has 1 N–H and O–H groups in total. The van der Waals surface area contributed by atoms with Crippen LogP contribution in [0.4, 0.5) is 0 Å². The zero-order chi connectivity index (χ0) is 11.4. The molecule has 0 aliphatic heterocycles. The number of aromatic amines is 1. The number of hydrogen-bond donors (Lipinski definition) is 1. The van der Waals surface area contributed by atoms with Crippen molar-refractivity contribution in [2.45, 2.75) is 6.92 Å². The number of aromatic nitrogens is 2. The van der Waals surface area contributed by atoms with Crippen molar-refractivity contribution in [3.8, 4) is 0 Å². The number of benzene rings is 1. The van der Waals surface area contributed by atoms with Crippen molar-refractivity contribution in [3.63, 3.8) is 0 Å². The van der Waals surface area contributed by atoms with Crippen molar-refractivity contribution in [3.05, 3.63) is 59.7 Å². The summed E-state index contributed by atoms with van der Waals surface area (Å²) >= 11 is 0. The molecule has 0 unspecified atom stereocenters. The van der Waals surface area contributed by atoms with Crippen LogP contribution in [0.15, 0.2) is 42.7 Å². The summed E-state index contributed by atoms with van der Waals surface area (Å²) in [6, 6.07) is 8.36. The van der Waals surface area contributed by atoms with Gasteiger partial charge in [-0.1, -0.05) is 29.8 Å². The summed E-state index contributed by atoms with van der Waals surface area (Å²) in [4.78, 5) is 7.14. The molecule has 3 heteroatoms. The zero-order valence-electron chi connectivity index (χ0n) is 9.07. The Morgan fingerprint density at radius 1 is 1.31 bits per heavy atom. The molecule has 16 heavy (non-hydrogen) atoms. The lowest BCUT2D eigenvalue weighted by molar-refractivity contribution is 1.27. The van der Waals surface area contributed by atoms with Gasteiger partial charge in [0.25, 0.3) is 0 Å². The first kappa shape index (κ1) is 10.8. The van der Waals surface area contributed by atoms with E-state index < -0.39 is 0 Å². The Balaban J connectivity index is 2.11. The minimum absolute atomic E-state index is 0.850. The minimum atomic E-state index is 0.850. The van der Waals surface area contributed by atoms with Gasteiger partial charge in [0.1, 0.15) is 5.82 Å². The highest BCUT2D eigenvalue weighted by Gasteiger charge is 1.95. The van der Waals surface area contributed by atoms with E-state index in [9.17, 15) is 0 Å².